The maximum absolute atomic E-state index is 12.4. The van der Waals surface area contributed by atoms with Gasteiger partial charge in [-0.15, -0.1) is 0 Å². The molecule has 2 N–H and O–H groups in total. The van der Waals surface area contributed by atoms with Gasteiger partial charge < -0.3 is 15.4 Å². The van der Waals surface area contributed by atoms with E-state index in [0.29, 0.717) is 0 Å². The van der Waals surface area contributed by atoms with Crippen LogP contribution in [0.3, 0.4) is 0 Å². The molecule has 0 aliphatic heterocycles. The summed E-state index contributed by atoms with van der Waals surface area (Å²) in [4.78, 5) is 14.2. The second-order valence-corrected chi connectivity index (χ2v) is 6.66. The molecule has 0 fully saturated rings. The zero-order valence-corrected chi connectivity index (χ0v) is 14.0. The van der Waals surface area contributed by atoms with E-state index >= 15 is 0 Å². The van der Waals surface area contributed by atoms with Crippen molar-refractivity contribution in [3.63, 3.8) is 0 Å². The van der Waals surface area contributed by atoms with E-state index in [1.54, 1.807) is 12.0 Å². The summed E-state index contributed by atoms with van der Waals surface area (Å²) in [5.74, 6) is 0.829. The molecule has 0 heterocycles. The fraction of sp³-hybridized carbons (Fsp3) is 0.588. The summed E-state index contributed by atoms with van der Waals surface area (Å²) < 4.78 is 5.36. The SMILES string of the molecule is COc1ccccc1CC(C)N(C)C(=O)[C@H](N)C(C)(C)C. The largest absolute Gasteiger partial charge is 0.496 e. The summed E-state index contributed by atoms with van der Waals surface area (Å²) in [6.07, 6.45) is 0.739. The van der Waals surface area contributed by atoms with Gasteiger partial charge in [-0.05, 0) is 30.4 Å². The molecule has 0 aliphatic carbocycles. The van der Waals surface area contributed by atoms with Crippen LogP contribution in [0.25, 0.3) is 0 Å². The normalized spacial score (nSPS) is 14.4. The molecule has 0 aliphatic rings. The number of para-hydroxylation sites is 1. The number of likely N-dealkylation sites (N-methyl/N-ethyl adjacent to an activating group) is 1. The van der Waals surface area contributed by atoms with Crippen molar-refractivity contribution < 1.29 is 9.53 Å². The molecule has 21 heavy (non-hydrogen) atoms. The Labute approximate surface area is 128 Å². The lowest BCUT2D eigenvalue weighted by molar-refractivity contribution is -0.135. The quantitative estimate of drug-likeness (QED) is 0.907. The standard InChI is InChI=1S/C17H28N2O2/c1-12(11-13-9-7-8-10-14(13)21-6)19(5)16(20)15(18)17(2,3)4/h7-10,12,15H,11,18H2,1-6H3/t12?,15-/m0/s1. The Morgan fingerprint density at radius 2 is 1.90 bits per heavy atom. The first-order chi connectivity index (χ1) is 9.68. The number of hydrogen-bond donors (Lipinski definition) is 1. The molecule has 0 bridgehead atoms. The molecule has 4 nitrogen and oxygen atoms in total. The second-order valence-electron chi connectivity index (χ2n) is 6.66. The Balaban J connectivity index is 2.79. The smallest absolute Gasteiger partial charge is 0.240 e. The van der Waals surface area contributed by atoms with Crippen molar-refractivity contribution in [2.75, 3.05) is 14.2 Å². The molecule has 2 atom stereocenters. The third kappa shape index (κ3) is 4.46. The van der Waals surface area contributed by atoms with Gasteiger partial charge >= 0.3 is 0 Å². The molecule has 0 aromatic heterocycles. The molecule has 1 rings (SSSR count). The predicted octanol–water partition coefficient (Wildman–Crippen LogP) is 2.46. The number of hydrogen-bond acceptors (Lipinski definition) is 3. The van der Waals surface area contributed by atoms with Crippen LogP contribution >= 0.6 is 0 Å². The Morgan fingerprint density at radius 1 is 1.33 bits per heavy atom. The first-order valence-corrected chi connectivity index (χ1v) is 7.32. The second kappa shape index (κ2) is 6.94. The van der Waals surface area contributed by atoms with Crippen LogP contribution in [0.2, 0.25) is 0 Å². The monoisotopic (exact) mass is 292 g/mol. The van der Waals surface area contributed by atoms with Crippen molar-refractivity contribution in [1.82, 2.24) is 4.90 Å². The Hall–Kier alpha value is -1.55. The van der Waals surface area contributed by atoms with Gasteiger partial charge in [-0.2, -0.15) is 0 Å². The van der Waals surface area contributed by atoms with Crippen molar-refractivity contribution in [2.45, 2.75) is 46.2 Å². The average molecular weight is 292 g/mol. The summed E-state index contributed by atoms with van der Waals surface area (Å²) in [6, 6.07) is 7.44. The van der Waals surface area contributed by atoms with Gasteiger partial charge in [0.25, 0.3) is 0 Å². The molecule has 0 spiro atoms. The van der Waals surface area contributed by atoms with Crippen LogP contribution < -0.4 is 10.5 Å². The Kier molecular flexibility index (Phi) is 5.78. The topological polar surface area (TPSA) is 55.6 Å². The number of methoxy groups -OCH3 is 1. The zero-order chi connectivity index (χ0) is 16.2. The van der Waals surface area contributed by atoms with E-state index in [-0.39, 0.29) is 17.4 Å². The van der Waals surface area contributed by atoms with Gasteiger partial charge in [-0.1, -0.05) is 39.0 Å². The summed E-state index contributed by atoms with van der Waals surface area (Å²) >= 11 is 0. The molecule has 1 aromatic carbocycles. The molecule has 0 radical (unpaired) electrons. The van der Waals surface area contributed by atoms with E-state index in [4.69, 9.17) is 10.5 Å². The highest BCUT2D eigenvalue weighted by molar-refractivity contribution is 5.82. The summed E-state index contributed by atoms with van der Waals surface area (Å²) in [7, 11) is 3.47. The van der Waals surface area contributed by atoms with Crippen LogP contribution in [0.4, 0.5) is 0 Å². The lowest BCUT2D eigenvalue weighted by Gasteiger charge is -2.33. The zero-order valence-electron chi connectivity index (χ0n) is 14.0. The van der Waals surface area contributed by atoms with Crippen LogP contribution in [0.15, 0.2) is 24.3 Å². The highest BCUT2D eigenvalue weighted by atomic mass is 16.5. The molecule has 0 saturated heterocycles. The molecule has 1 amide bonds. The number of ether oxygens (including phenoxy) is 1. The van der Waals surface area contributed by atoms with Gasteiger partial charge in [-0.3, -0.25) is 4.79 Å². The lowest BCUT2D eigenvalue weighted by atomic mass is 9.86. The molecule has 4 heteroatoms. The Bertz CT molecular complexity index is 480. The maximum atomic E-state index is 12.4. The van der Waals surface area contributed by atoms with E-state index < -0.39 is 6.04 Å². The minimum atomic E-state index is -0.498. The maximum Gasteiger partial charge on any atom is 0.240 e. The highest BCUT2D eigenvalue weighted by Gasteiger charge is 2.31. The van der Waals surface area contributed by atoms with Crippen molar-refractivity contribution in [3.05, 3.63) is 29.8 Å². The van der Waals surface area contributed by atoms with Crippen molar-refractivity contribution in [1.29, 1.82) is 0 Å². The lowest BCUT2D eigenvalue weighted by Crippen LogP contribution is -2.51. The first-order valence-electron chi connectivity index (χ1n) is 7.32. The highest BCUT2D eigenvalue weighted by Crippen LogP contribution is 2.22. The van der Waals surface area contributed by atoms with Crippen molar-refractivity contribution in [2.24, 2.45) is 11.1 Å². The first kappa shape index (κ1) is 17.5. The predicted molar refractivity (Wildman–Crippen MR) is 86.4 cm³/mol. The number of rotatable bonds is 5. The van der Waals surface area contributed by atoms with Crippen molar-refractivity contribution >= 4 is 5.91 Å². The number of nitrogens with zero attached hydrogens (tertiary/aromatic N) is 1. The van der Waals surface area contributed by atoms with E-state index in [2.05, 4.69) is 0 Å². The van der Waals surface area contributed by atoms with Crippen LogP contribution in [-0.4, -0.2) is 37.0 Å². The summed E-state index contributed by atoms with van der Waals surface area (Å²) in [6.45, 7) is 7.97. The molecular formula is C17H28N2O2. The van der Waals surface area contributed by atoms with Crippen LogP contribution in [0, 0.1) is 5.41 Å². The number of carbonyl (C=O) groups excluding carboxylic acids is 1. The van der Waals surface area contributed by atoms with Crippen LogP contribution in [0.1, 0.15) is 33.3 Å². The molecule has 1 aromatic rings. The van der Waals surface area contributed by atoms with Gasteiger partial charge in [0.15, 0.2) is 0 Å². The third-order valence-corrected chi connectivity index (χ3v) is 3.92. The Morgan fingerprint density at radius 3 is 2.43 bits per heavy atom. The number of nitrogens with two attached hydrogens (primary N) is 1. The van der Waals surface area contributed by atoms with Crippen LogP contribution in [0.5, 0.6) is 5.75 Å². The minimum Gasteiger partial charge on any atom is -0.496 e. The van der Waals surface area contributed by atoms with E-state index in [9.17, 15) is 4.79 Å². The fourth-order valence-corrected chi connectivity index (χ4v) is 2.13. The minimum absolute atomic E-state index is 0.0232. The molecular weight excluding hydrogens is 264 g/mol. The van der Waals surface area contributed by atoms with Crippen LogP contribution in [-0.2, 0) is 11.2 Å². The van der Waals surface area contributed by atoms with E-state index in [1.165, 1.54) is 0 Å². The third-order valence-electron chi connectivity index (χ3n) is 3.92. The molecule has 118 valence electrons. The molecule has 0 saturated carbocycles. The van der Waals surface area contributed by atoms with E-state index in [0.717, 1.165) is 17.7 Å². The number of carbonyl (C=O) groups is 1. The summed E-state index contributed by atoms with van der Waals surface area (Å²) in [5.41, 5.74) is 6.92. The summed E-state index contributed by atoms with van der Waals surface area (Å²) in [5, 5.41) is 0. The fourth-order valence-electron chi connectivity index (χ4n) is 2.13. The van der Waals surface area contributed by atoms with Gasteiger partial charge in [-0.25, -0.2) is 0 Å². The number of amides is 1. The van der Waals surface area contributed by atoms with Gasteiger partial charge in [0.2, 0.25) is 5.91 Å². The van der Waals surface area contributed by atoms with Gasteiger partial charge in [0.1, 0.15) is 5.75 Å². The average Bonchev–Trinajstić information content (AvgIpc) is 2.44. The number of benzene rings is 1. The van der Waals surface area contributed by atoms with Crippen molar-refractivity contribution in [3.8, 4) is 5.75 Å². The van der Waals surface area contributed by atoms with Gasteiger partial charge in [0.05, 0.1) is 13.2 Å². The van der Waals surface area contributed by atoms with E-state index in [1.807, 2.05) is 59.0 Å². The molecule has 1 unspecified atom stereocenters. The van der Waals surface area contributed by atoms with Gasteiger partial charge in [0, 0.05) is 13.1 Å².